The van der Waals surface area contributed by atoms with Crippen LogP contribution in [0.5, 0.6) is 0 Å². The molecule has 29 heavy (non-hydrogen) atoms. The Balaban J connectivity index is 1.76. The van der Waals surface area contributed by atoms with Gasteiger partial charge in [-0.05, 0) is 44.9 Å². The molecule has 2 N–H and O–H groups in total. The number of pyridine rings is 1. The van der Waals surface area contributed by atoms with E-state index in [2.05, 4.69) is 9.71 Å². The molecule has 2 aliphatic rings. The standard InChI is InChI=1S/C19H25FN4O4S/c1-10-16(23-7-6-13(8-23)11(2)22-29(3,27)28)14(20)9-24-17(10)15(12-4-5-12)18(25)21-19(24)26/h9,11-13,22H,4-8H2,1-3H3,(H,21,25,26). The summed E-state index contributed by atoms with van der Waals surface area (Å²) in [6.07, 6.45) is 4.74. The zero-order valence-corrected chi connectivity index (χ0v) is 17.5. The van der Waals surface area contributed by atoms with Crippen molar-refractivity contribution in [3.8, 4) is 0 Å². The van der Waals surface area contributed by atoms with Crippen molar-refractivity contribution in [2.45, 2.75) is 45.1 Å². The lowest BCUT2D eigenvalue weighted by molar-refractivity contribution is 0.449. The van der Waals surface area contributed by atoms with E-state index in [4.69, 9.17) is 0 Å². The Labute approximate surface area is 167 Å². The Hall–Kier alpha value is -2.20. The number of hydrogen-bond acceptors (Lipinski definition) is 5. The minimum Gasteiger partial charge on any atom is -0.368 e. The number of nitrogens with one attached hydrogen (secondary N) is 2. The predicted octanol–water partition coefficient (Wildman–Crippen LogP) is 1.08. The highest BCUT2D eigenvalue weighted by molar-refractivity contribution is 7.88. The van der Waals surface area contributed by atoms with Crippen molar-refractivity contribution in [2.75, 3.05) is 24.2 Å². The van der Waals surface area contributed by atoms with Crippen LogP contribution in [-0.4, -0.2) is 43.2 Å². The number of H-pyrrole nitrogens is 1. The number of nitrogens with zero attached hydrogens (tertiary/aromatic N) is 2. The number of hydrogen-bond donors (Lipinski definition) is 2. The van der Waals surface area contributed by atoms with E-state index in [1.54, 1.807) is 6.92 Å². The molecule has 0 bridgehead atoms. The summed E-state index contributed by atoms with van der Waals surface area (Å²) in [5.41, 5.74) is 0.941. The molecule has 2 unspecified atom stereocenters. The Morgan fingerprint density at radius 3 is 2.59 bits per heavy atom. The maximum absolute atomic E-state index is 15.1. The van der Waals surface area contributed by atoms with E-state index in [0.717, 1.165) is 25.3 Å². The van der Waals surface area contributed by atoms with Crippen LogP contribution in [0.3, 0.4) is 0 Å². The molecule has 0 spiro atoms. The van der Waals surface area contributed by atoms with Gasteiger partial charge in [0.15, 0.2) is 5.82 Å². The predicted molar refractivity (Wildman–Crippen MR) is 109 cm³/mol. The minimum atomic E-state index is -3.32. The number of halogens is 1. The number of sulfonamides is 1. The third kappa shape index (κ3) is 3.71. The molecule has 2 aromatic rings. The Morgan fingerprint density at radius 1 is 1.28 bits per heavy atom. The van der Waals surface area contributed by atoms with Gasteiger partial charge < -0.3 is 4.90 Å². The molecular weight excluding hydrogens is 399 g/mol. The molecule has 3 heterocycles. The van der Waals surface area contributed by atoms with Gasteiger partial charge in [0.05, 0.1) is 23.7 Å². The average Bonchev–Trinajstić information content (AvgIpc) is 3.31. The molecule has 2 fully saturated rings. The fraction of sp³-hybridized carbons (Fsp3) is 0.579. The van der Waals surface area contributed by atoms with Crippen molar-refractivity contribution < 1.29 is 12.8 Å². The van der Waals surface area contributed by atoms with Crippen molar-refractivity contribution >= 4 is 21.2 Å². The first-order valence-corrected chi connectivity index (χ1v) is 11.7. The maximum atomic E-state index is 15.1. The lowest BCUT2D eigenvalue weighted by Gasteiger charge is -2.25. The van der Waals surface area contributed by atoms with Crippen molar-refractivity contribution in [2.24, 2.45) is 5.92 Å². The number of fused-ring (bicyclic) bond motifs is 1. The molecule has 10 heteroatoms. The highest BCUT2D eigenvalue weighted by Gasteiger charge is 2.34. The molecule has 1 saturated carbocycles. The van der Waals surface area contributed by atoms with Gasteiger partial charge in [0.25, 0.3) is 5.56 Å². The molecular formula is C19H25FN4O4S. The van der Waals surface area contributed by atoms with Crippen LogP contribution in [0.1, 0.15) is 43.2 Å². The number of rotatable bonds is 5. The smallest absolute Gasteiger partial charge is 0.333 e. The van der Waals surface area contributed by atoms with Gasteiger partial charge in [0.2, 0.25) is 10.0 Å². The summed E-state index contributed by atoms with van der Waals surface area (Å²) in [4.78, 5) is 28.9. The fourth-order valence-corrected chi connectivity index (χ4v) is 5.37. The SMILES string of the molecule is Cc1c(N2CCC(C(C)NS(C)(=O)=O)C2)c(F)cn2c(=O)[nH]c(=O)c(C3CC3)c12. The van der Waals surface area contributed by atoms with Crippen molar-refractivity contribution in [3.05, 3.63) is 44.0 Å². The van der Waals surface area contributed by atoms with E-state index in [1.165, 1.54) is 4.40 Å². The number of aromatic nitrogens is 2. The summed E-state index contributed by atoms with van der Waals surface area (Å²) in [5.74, 6) is -0.407. The number of anilines is 1. The summed E-state index contributed by atoms with van der Waals surface area (Å²) in [7, 11) is -3.32. The van der Waals surface area contributed by atoms with E-state index >= 15 is 4.39 Å². The first kappa shape index (κ1) is 20.1. The van der Waals surface area contributed by atoms with Crippen LogP contribution in [0.4, 0.5) is 10.1 Å². The molecule has 8 nitrogen and oxygen atoms in total. The molecule has 0 amide bonds. The first-order chi connectivity index (χ1) is 13.6. The molecule has 158 valence electrons. The zero-order chi connectivity index (χ0) is 21.1. The highest BCUT2D eigenvalue weighted by atomic mass is 32.2. The third-order valence-electron chi connectivity index (χ3n) is 5.99. The molecule has 0 aromatic carbocycles. The van der Waals surface area contributed by atoms with Crippen LogP contribution < -0.4 is 20.9 Å². The molecule has 1 aliphatic heterocycles. The zero-order valence-electron chi connectivity index (χ0n) is 16.7. The first-order valence-electron chi connectivity index (χ1n) is 9.76. The van der Waals surface area contributed by atoms with E-state index < -0.39 is 27.1 Å². The molecule has 2 aromatic heterocycles. The van der Waals surface area contributed by atoms with Crippen molar-refractivity contribution in [1.82, 2.24) is 14.1 Å². The van der Waals surface area contributed by atoms with Gasteiger partial charge in [-0.25, -0.2) is 22.3 Å². The lowest BCUT2D eigenvalue weighted by Crippen LogP contribution is -2.38. The monoisotopic (exact) mass is 424 g/mol. The Morgan fingerprint density at radius 2 is 1.97 bits per heavy atom. The molecule has 4 rings (SSSR count). The van der Waals surface area contributed by atoms with Crippen LogP contribution in [0.25, 0.3) is 5.52 Å². The topological polar surface area (TPSA) is 104 Å². The molecule has 2 atom stereocenters. The summed E-state index contributed by atoms with van der Waals surface area (Å²) >= 11 is 0. The Bertz CT molecular complexity index is 1200. The average molecular weight is 424 g/mol. The Kier molecular flexibility index (Phi) is 4.81. The second-order valence-electron chi connectivity index (χ2n) is 8.29. The second kappa shape index (κ2) is 6.94. The second-order valence-corrected chi connectivity index (χ2v) is 10.1. The minimum absolute atomic E-state index is 0.0315. The summed E-state index contributed by atoms with van der Waals surface area (Å²) < 4.78 is 41.9. The normalized spacial score (nSPS) is 21.1. The quantitative estimate of drug-likeness (QED) is 0.748. The van der Waals surface area contributed by atoms with E-state index in [0.29, 0.717) is 41.8 Å². The van der Waals surface area contributed by atoms with Crippen LogP contribution in [0.15, 0.2) is 15.8 Å². The molecule has 1 saturated heterocycles. The van der Waals surface area contributed by atoms with Gasteiger partial charge in [-0.15, -0.1) is 0 Å². The van der Waals surface area contributed by atoms with E-state index in [1.807, 2.05) is 11.8 Å². The van der Waals surface area contributed by atoms with E-state index in [-0.39, 0.29) is 17.9 Å². The van der Waals surface area contributed by atoms with Gasteiger partial charge in [-0.1, -0.05) is 0 Å². The fourth-order valence-electron chi connectivity index (χ4n) is 4.51. The van der Waals surface area contributed by atoms with Crippen molar-refractivity contribution in [3.63, 3.8) is 0 Å². The number of aromatic amines is 1. The third-order valence-corrected chi connectivity index (χ3v) is 6.79. The highest BCUT2D eigenvalue weighted by Crippen LogP contribution is 2.42. The summed E-state index contributed by atoms with van der Waals surface area (Å²) in [5, 5.41) is 0. The van der Waals surface area contributed by atoms with Crippen LogP contribution in [-0.2, 0) is 10.0 Å². The van der Waals surface area contributed by atoms with Gasteiger partial charge in [0, 0.05) is 30.3 Å². The largest absolute Gasteiger partial charge is 0.368 e. The lowest BCUT2D eigenvalue weighted by atomic mass is 10.0. The van der Waals surface area contributed by atoms with Crippen LogP contribution in [0, 0.1) is 18.7 Å². The van der Waals surface area contributed by atoms with Crippen molar-refractivity contribution in [1.29, 1.82) is 0 Å². The molecule has 1 aliphatic carbocycles. The number of aryl methyl sites for hydroxylation is 1. The van der Waals surface area contributed by atoms with Gasteiger partial charge in [-0.2, -0.15) is 0 Å². The molecule has 0 radical (unpaired) electrons. The van der Waals surface area contributed by atoms with Gasteiger partial charge >= 0.3 is 5.69 Å². The van der Waals surface area contributed by atoms with Gasteiger partial charge in [0.1, 0.15) is 0 Å². The van der Waals surface area contributed by atoms with E-state index in [9.17, 15) is 18.0 Å². The van der Waals surface area contributed by atoms with Gasteiger partial charge in [-0.3, -0.25) is 14.2 Å². The van der Waals surface area contributed by atoms with Crippen LogP contribution >= 0.6 is 0 Å². The maximum Gasteiger partial charge on any atom is 0.333 e. The van der Waals surface area contributed by atoms with Crippen LogP contribution in [0.2, 0.25) is 0 Å². The summed E-state index contributed by atoms with van der Waals surface area (Å²) in [6.45, 7) is 4.61. The summed E-state index contributed by atoms with van der Waals surface area (Å²) in [6, 6.07) is -0.272.